The molecule has 0 unspecified atom stereocenters. The van der Waals surface area contributed by atoms with Crippen molar-refractivity contribution in [2.75, 3.05) is 0 Å². The molecule has 0 aliphatic heterocycles. The van der Waals surface area contributed by atoms with Crippen LogP contribution in [-0.4, -0.2) is 0 Å². The minimum atomic E-state index is -0.523. The van der Waals surface area contributed by atoms with Crippen LogP contribution in [0.3, 0.4) is 0 Å². The third-order valence-electron chi connectivity index (χ3n) is 5.84. The molecule has 2 heteroatoms. The highest BCUT2D eigenvalue weighted by atomic mass is 32.2. The Labute approximate surface area is 198 Å². The fourth-order valence-electron chi connectivity index (χ4n) is 4.28. The fraction of sp³-hybridized carbons (Fsp3) is 0.0323. The van der Waals surface area contributed by atoms with E-state index in [0.29, 0.717) is 5.56 Å². The lowest BCUT2D eigenvalue weighted by molar-refractivity contribution is 0.627. The van der Waals surface area contributed by atoms with Crippen LogP contribution in [0.5, 0.6) is 0 Å². The van der Waals surface area contributed by atoms with Gasteiger partial charge in [-0.25, -0.2) is 4.39 Å². The maximum atomic E-state index is 15.3. The number of rotatable bonds is 6. The molecule has 0 heterocycles. The van der Waals surface area contributed by atoms with Crippen LogP contribution in [0.4, 0.5) is 4.39 Å². The van der Waals surface area contributed by atoms with Gasteiger partial charge in [-0.2, -0.15) is 0 Å². The monoisotopic (exact) mass is 446 g/mol. The first-order chi connectivity index (χ1) is 16.3. The first kappa shape index (κ1) is 21.2. The minimum absolute atomic E-state index is 0.214. The maximum absolute atomic E-state index is 15.3. The second-order valence-electron chi connectivity index (χ2n) is 7.89. The van der Waals surface area contributed by atoms with Gasteiger partial charge < -0.3 is 0 Å². The van der Waals surface area contributed by atoms with Crippen molar-refractivity contribution < 1.29 is 4.39 Å². The lowest BCUT2D eigenvalue weighted by Gasteiger charge is -2.35. The van der Waals surface area contributed by atoms with Gasteiger partial charge in [0.2, 0.25) is 0 Å². The molecule has 5 aromatic carbocycles. The Kier molecular flexibility index (Phi) is 6.10. The zero-order valence-electron chi connectivity index (χ0n) is 18.1. The van der Waals surface area contributed by atoms with Crippen molar-refractivity contribution in [1.82, 2.24) is 0 Å². The predicted molar refractivity (Wildman–Crippen MR) is 137 cm³/mol. The summed E-state index contributed by atoms with van der Waals surface area (Å²) in [7, 11) is 0. The van der Waals surface area contributed by atoms with E-state index in [1.807, 2.05) is 60.7 Å². The van der Waals surface area contributed by atoms with E-state index in [1.165, 1.54) is 0 Å². The van der Waals surface area contributed by atoms with Crippen LogP contribution < -0.4 is 0 Å². The molecule has 0 aliphatic rings. The van der Waals surface area contributed by atoms with Crippen LogP contribution in [-0.2, 0) is 4.75 Å². The lowest BCUT2D eigenvalue weighted by Crippen LogP contribution is -2.25. The first-order valence-corrected chi connectivity index (χ1v) is 11.8. The summed E-state index contributed by atoms with van der Waals surface area (Å²) in [6.45, 7) is 0. The number of hydrogen-bond acceptors (Lipinski definition) is 1. The van der Waals surface area contributed by atoms with Gasteiger partial charge in [-0.3, -0.25) is 0 Å². The van der Waals surface area contributed by atoms with Crippen LogP contribution in [0.2, 0.25) is 0 Å². The molecule has 5 rings (SSSR count). The van der Waals surface area contributed by atoms with Gasteiger partial charge in [-0.15, -0.1) is 11.8 Å². The van der Waals surface area contributed by atoms with Crippen LogP contribution >= 0.6 is 11.8 Å². The summed E-state index contributed by atoms with van der Waals surface area (Å²) in [6.07, 6.45) is 0. The first-order valence-electron chi connectivity index (χ1n) is 11.0. The molecule has 0 spiro atoms. The van der Waals surface area contributed by atoms with Crippen molar-refractivity contribution in [1.29, 1.82) is 0 Å². The normalized spacial score (nSPS) is 11.3. The van der Waals surface area contributed by atoms with Gasteiger partial charge in [0.1, 0.15) is 5.82 Å². The van der Waals surface area contributed by atoms with Crippen LogP contribution in [0.25, 0.3) is 11.1 Å². The molecule has 33 heavy (non-hydrogen) atoms. The highest BCUT2D eigenvalue weighted by Gasteiger charge is 2.37. The molecule has 0 nitrogen and oxygen atoms in total. The molecule has 160 valence electrons. The zero-order chi connectivity index (χ0) is 22.5. The molecular weight excluding hydrogens is 423 g/mol. The number of halogens is 1. The van der Waals surface area contributed by atoms with E-state index in [9.17, 15) is 0 Å². The second-order valence-corrected chi connectivity index (χ2v) is 9.18. The number of thioether (sulfide) groups is 1. The fourth-order valence-corrected chi connectivity index (χ4v) is 5.70. The average molecular weight is 447 g/mol. The Morgan fingerprint density at radius 3 is 1.33 bits per heavy atom. The highest BCUT2D eigenvalue weighted by molar-refractivity contribution is 8.00. The van der Waals surface area contributed by atoms with E-state index in [4.69, 9.17) is 0 Å². The summed E-state index contributed by atoms with van der Waals surface area (Å²) in [5, 5.41) is 0. The third-order valence-corrected chi connectivity index (χ3v) is 7.34. The van der Waals surface area contributed by atoms with Crippen LogP contribution in [0, 0.1) is 5.82 Å². The van der Waals surface area contributed by atoms with Gasteiger partial charge in [0.05, 0.1) is 4.75 Å². The summed E-state index contributed by atoms with van der Waals surface area (Å²) >= 11 is 1.67. The summed E-state index contributed by atoms with van der Waals surface area (Å²) in [4.78, 5) is 0.878. The van der Waals surface area contributed by atoms with Gasteiger partial charge >= 0.3 is 0 Å². The third kappa shape index (κ3) is 4.22. The Hall–Kier alpha value is -3.62. The Balaban J connectivity index is 1.68. The molecule has 0 saturated heterocycles. The van der Waals surface area contributed by atoms with E-state index in [2.05, 4.69) is 72.8 Å². The molecule has 0 N–H and O–H groups in total. The topological polar surface area (TPSA) is 0 Å². The van der Waals surface area contributed by atoms with Gasteiger partial charge in [-0.05, 0) is 34.4 Å². The smallest absolute Gasteiger partial charge is 0.132 e. The van der Waals surface area contributed by atoms with Crippen molar-refractivity contribution in [3.63, 3.8) is 0 Å². The largest absolute Gasteiger partial charge is 0.206 e. The van der Waals surface area contributed by atoms with E-state index < -0.39 is 4.75 Å². The molecule has 5 aromatic rings. The van der Waals surface area contributed by atoms with Gasteiger partial charge in [0.15, 0.2) is 0 Å². The minimum Gasteiger partial charge on any atom is -0.206 e. The van der Waals surface area contributed by atoms with E-state index in [-0.39, 0.29) is 5.82 Å². The van der Waals surface area contributed by atoms with Crippen molar-refractivity contribution >= 4 is 11.8 Å². The van der Waals surface area contributed by atoms with Crippen molar-refractivity contribution in [2.45, 2.75) is 9.64 Å². The molecule has 0 aromatic heterocycles. The van der Waals surface area contributed by atoms with Gasteiger partial charge in [0, 0.05) is 10.5 Å². The summed E-state index contributed by atoms with van der Waals surface area (Å²) in [6, 6.07) is 46.7. The quantitative estimate of drug-likeness (QED) is 0.186. The molecule has 0 bridgehead atoms. The molecule has 0 saturated carbocycles. The molecule has 0 amide bonds. The van der Waals surface area contributed by atoms with Crippen LogP contribution in [0.1, 0.15) is 16.7 Å². The van der Waals surface area contributed by atoms with Gasteiger partial charge in [0.25, 0.3) is 0 Å². The number of benzene rings is 5. The Morgan fingerprint density at radius 2 is 0.909 bits per heavy atom. The molecule has 0 radical (unpaired) electrons. The number of hydrogen-bond donors (Lipinski definition) is 0. The molecule has 0 aliphatic carbocycles. The SMILES string of the molecule is Fc1cc(SC(c2ccccc2)(c2ccccc2)c2ccccc2)ccc1-c1ccccc1. The van der Waals surface area contributed by atoms with Crippen molar-refractivity contribution in [2.24, 2.45) is 0 Å². The zero-order valence-corrected chi connectivity index (χ0v) is 18.9. The summed E-state index contributed by atoms with van der Waals surface area (Å²) in [5.74, 6) is -0.214. The second kappa shape index (κ2) is 9.48. The summed E-state index contributed by atoms with van der Waals surface area (Å²) in [5.41, 5.74) is 4.96. The predicted octanol–water partition coefficient (Wildman–Crippen LogP) is 8.58. The molecular formula is C31H23FS. The van der Waals surface area contributed by atoms with Gasteiger partial charge in [-0.1, -0.05) is 127 Å². The van der Waals surface area contributed by atoms with Crippen molar-refractivity contribution in [3.8, 4) is 11.1 Å². The molecule has 0 atom stereocenters. The summed E-state index contributed by atoms with van der Waals surface area (Å²) < 4.78 is 14.8. The Bertz CT molecular complexity index is 1220. The lowest BCUT2D eigenvalue weighted by atomic mass is 9.84. The van der Waals surface area contributed by atoms with E-state index in [1.54, 1.807) is 17.8 Å². The maximum Gasteiger partial charge on any atom is 0.132 e. The molecule has 0 fully saturated rings. The highest BCUT2D eigenvalue weighted by Crippen LogP contribution is 2.51. The standard InChI is InChI=1S/C31H23FS/c32-30-23-28(21-22-29(30)24-13-5-1-6-14-24)33-31(25-15-7-2-8-16-25,26-17-9-3-10-18-26)27-19-11-4-12-20-27/h1-23H. The Morgan fingerprint density at radius 1 is 0.485 bits per heavy atom. The van der Waals surface area contributed by atoms with E-state index >= 15 is 4.39 Å². The van der Waals surface area contributed by atoms with Crippen molar-refractivity contribution in [3.05, 3.63) is 162 Å². The van der Waals surface area contributed by atoms with Crippen LogP contribution in [0.15, 0.2) is 144 Å². The average Bonchev–Trinajstić information content (AvgIpc) is 2.89. The van der Waals surface area contributed by atoms with E-state index in [0.717, 1.165) is 27.1 Å².